The van der Waals surface area contributed by atoms with Crippen molar-refractivity contribution in [3.8, 4) is 5.75 Å². The van der Waals surface area contributed by atoms with Crippen LogP contribution in [0.2, 0.25) is 0 Å². The summed E-state index contributed by atoms with van der Waals surface area (Å²) in [5.74, 6) is -2.31. The molecule has 0 N–H and O–H groups in total. The number of hydrogen-bond acceptors (Lipinski definition) is 16. The van der Waals surface area contributed by atoms with Crippen molar-refractivity contribution in [2.45, 2.75) is 6.92 Å². The molecule has 2 rings (SSSR count). The van der Waals surface area contributed by atoms with Crippen LogP contribution in [0.15, 0.2) is 24.3 Å². The van der Waals surface area contributed by atoms with Crippen LogP contribution in [0.25, 0.3) is 0 Å². The molecule has 1 heterocycles. The molecule has 1 aromatic carbocycles. The fourth-order valence-electron chi connectivity index (χ4n) is 4.81. The number of rotatable bonds is 16. The first-order valence-electron chi connectivity index (χ1n) is 15.9. The molecule has 1 fully saturated rings. The molecular weight excluding hydrogens is 648 g/mol. The Balaban J connectivity index is 2.24. The molecule has 0 spiro atoms. The molecule has 1 saturated heterocycles. The summed E-state index contributed by atoms with van der Waals surface area (Å²) in [5, 5.41) is 10.9. The number of non-ortho nitro benzene ring substituents is 1. The Kier molecular flexibility index (Phi) is 18.7. The van der Waals surface area contributed by atoms with Crippen LogP contribution in [0.5, 0.6) is 5.75 Å². The van der Waals surface area contributed by atoms with Gasteiger partial charge in [0, 0.05) is 77.6 Å². The predicted octanol–water partition coefficient (Wildman–Crippen LogP) is -0.894. The molecule has 1 aliphatic rings. The summed E-state index contributed by atoms with van der Waals surface area (Å²) in [5.41, 5.74) is -0.159. The SMILES string of the molecule is CCOCCN(CC(=O)Oc1ccc([N+](=O)[O-])cc1)C(=O)CN1CCN(CC(=O)OC)CCN(CC(=O)OC)CCN(CC(=O)OC)CC1. The average Bonchev–Trinajstić information content (AvgIpc) is 3.08. The van der Waals surface area contributed by atoms with Gasteiger partial charge in [0.2, 0.25) is 5.91 Å². The van der Waals surface area contributed by atoms with Crippen molar-refractivity contribution in [3.05, 3.63) is 34.4 Å². The first-order chi connectivity index (χ1) is 23.5. The molecule has 18 heteroatoms. The highest BCUT2D eigenvalue weighted by Crippen LogP contribution is 2.17. The highest BCUT2D eigenvalue weighted by Gasteiger charge is 2.25. The Hall–Kier alpha value is -4.23. The number of methoxy groups -OCH3 is 3. The van der Waals surface area contributed by atoms with Gasteiger partial charge < -0.3 is 28.6 Å². The Morgan fingerprint density at radius 3 is 1.47 bits per heavy atom. The van der Waals surface area contributed by atoms with E-state index in [1.807, 2.05) is 19.6 Å². The zero-order valence-electron chi connectivity index (χ0n) is 28.7. The number of nitro groups is 1. The lowest BCUT2D eigenvalue weighted by Crippen LogP contribution is -2.51. The van der Waals surface area contributed by atoms with Crippen LogP contribution in [-0.2, 0) is 42.9 Å². The van der Waals surface area contributed by atoms with Gasteiger partial charge in [0.1, 0.15) is 12.3 Å². The smallest absolute Gasteiger partial charge is 0.331 e. The van der Waals surface area contributed by atoms with Crippen LogP contribution in [0.1, 0.15) is 6.92 Å². The van der Waals surface area contributed by atoms with E-state index in [0.29, 0.717) is 59.0 Å². The third-order valence-electron chi connectivity index (χ3n) is 7.69. The van der Waals surface area contributed by atoms with Crippen molar-refractivity contribution in [1.82, 2.24) is 24.5 Å². The Morgan fingerprint density at radius 2 is 1.10 bits per heavy atom. The summed E-state index contributed by atoms with van der Waals surface area (Å²) >= 11 is 0. The molecule has 1 aromatic rings. The summed E-state index contributed by atoms with van der Waals surface area (Å²) in [6, 6.07) is 5.02. The number of benzene rings is 1. The van der Waals surface area contributed by atoms with Gasteiger partial charge in [-0.2, -0.15) is 0 Å². The second-order valence-electron chi connectivity index (χ2n) is 11.1. The van der Waals surface area contributed by atoms with Crippen LogP contribution in [0, 0.1) is 10.1 Å². The van der Waals surface area contributed by atoms with E-state index in [1.165, 1.54) is 50.5 Å². The van der Waals surface area contributed by atoms with Crippen molar-refractivity contribution in [3.63, 3.8) is 0 Å². The highest BCUT2D eigenvalue weighted by atomic mass is 16.6. The van der Waals surface area contributed by atoms with E-state index in [9.17, 15) is 34.1 Å². The molecule has 0 bridgehead atoms. The third-order valence-corrected chi connectivity index (χ3v) is 7.69. The minimum Gasteiger partial charge on any atom is -0.468 e. The van der Waals surface area contributed by atoms with Crippen LogP contribution >= 0.6 is 0 Å². The monoisotopic (exact) mass is 696 g/mol. The van der Waals surface area contributed by atoms with E-state index in [-0.39, 0.29) is 56.7 Å². The fourth-order valence-corrected chi connectivity index (χ4v) is 4.81. The van der Waals surface area contributed by atoms with E-state index in [0.717, 1.165) is 0 Å². The van der Waals surface area contributed by atoms with Crippen molar-refractivity contribution in [1.29, 1.82) is 0 Å². The van der Waals surface area contributed by atoms with Gasteiger partial charge in [0.25, 0.3) is 5.69 Å². The third kappa shape index (κ3) is 16.1. The van der Waals surface area contributed by atoms with E-state index in [1.54, 1.807) is 6.92 Å². The second kappa shape index (κ2) is 22.4. The number of nitrogens with zero attached hydrogens (tertiary/aromatic N) is 6. The summed E-state index contributed by atoms with van der Waals surface area (Å²) in [6.07, 6.45) is 0. The number of amides is 1. The van der Waals surface area contributed by atoms with Gasteiger partial charge in [-0.25, -0.2) is 4.79 Å². The van der Waals surface area contributed by atoms with E-state index in [2.05, 4.69) is 0 Å². The molecule has 1 amide bonds. The predicted molar refractivity (Wildman–Crippen MR) is 174 cm³/mol. The van der Waals surface area contributed by atoms with E-state index in [4.69, 9.17) is 23.7 Å². The number of carbonyl (C=O) groups excluding carboxylic acids is 5. The quantitative estimate of drug-likeness (QED) is 0.0516. The van der Waals surface area contributed by atoms with Crippen molar-refractivity contribution in [2.24, 2.45) is 0 Å². The van der Waals surface area contributed by atoms with Gasteiger partial charge in [-0.05, 0) is 19.1 Å². The van der Waals surface area contributed by atoms with Gasteiger partial charge in [-0.3, -0.25) is 48.9 Å². The average molecular weight is 697 g/mol. The molecule has 0 saturated carbocycles. The number of esters is 4. The summed E-state index contributed by atoms with van der Waals surface area (Å²) in [4.78, 5) is 82.3. The lowest BCUT2D eigenvalue weighted by Gasteiger charge is -2.34. The first kappa shape index (κ1) is 40.9. The molecular formula is C31H48N6O12. The Labute approximate surface area is 285 Å². The topological polar surface area (TPSA) is 191 Å². The molecule has 1 aliphatic heterocycles. The van der Waals surface area contributed by atoms with Gasteiger partial charge in [0.05, 0.1) is 59.0 Å². The maximum atomic E-state index is 13.7. The molecule has 0 radical (unpaired) electrons. The summed E-state index contributed by atoms with van der Waals surface area (Å²) < 4.78 is 25.4. The van der Waals surface area contributed by atoms with Gasteiger partial charge in [-0.15, -0.1) is 0 Å². The largest absolute Gasteiger partial charge is 0.468 e. The molecule has 18 nitrogen and oxygen atoms in total. The lowest BCUT2D eigenvalue weighted by molar-refractivity contribution is -0.384. The maximum Gasteiger partial charge on any atom is 0.331 e. The zero-order chi connectivity index (χ0) is 36.2. The fraction of sp³-hybridized carbons (Fsp3) is 0.645. The summed E-state index contributed by atoms with van der Waals surface area (Å²) in [6.45, 7) is 5.09. The van der Waals surface area contributed by atoms with Crippen molar-refractivity contribution >= 4 is 35.5 Å². The number of hydrogen-bond donors (Lipinski definition) is 0. The van der Waals surface area contributed by atoms with Crippen molar-refractivity contribution in [2.75, 3.05) is 126 Å². The van der Waals surface area contributed by atoms with Crippen molar-refractivity contribution < 1.29 is 52.6 Å². The Bertz CT molecular complexity index is 1200. The molecule has 0 atom stereocenters. The minimum atomic E-state index is -0.739. The van der Waals surface area contributed by atoms with Crippen LogP contribution in [-0.4, -0.2) is 185 Å². The number of nitro benzene ring substituents is 1. The normalized spacial score (nSPS) is 15.7. The summed E-state index contributed by atoms with van der Waals surface area (Å²) in [7, 11) is 3.90. The van der Waals surface area contributed by atoms with Gasteiger partial charge in [-0.1, -0.05) is 0 Å². The Morgan fingerprint density at radius 1 is 0.694 bits per heavy atom. The molecule has 274 valence electrons. The first-order valence-corrected chi connectivity index (χ1v) is 15.9. The number of ether oxygens (including phenoxy) is 5. The van der Waals surface area contributed by atoms with Gasteiger partial charge >= 0.3 is 23.9 Å². The highest BCUT2D eigenvalue weighted by molar-refractivity contribution is 5.84. The zero-order valence-corrected chi connectivity index (χ0v) is 28.7. The molecule has 0 aliphatic carbocycles. The lowest BCUT2D eigenvalue weighted by atomic mass is 10.3. The minimum absolute atomic E-state index is 0.00617. The second-order valence-corrected chi connectivity index (χ2v) is 11.1. The van der Waals surface area contributed by atoms with Crippen LogP contribution in [0.3, 0.4) is 0 Å². The molecule has 49 heavy (non-hydrogen) atoms. The standard InChI is InChI=1S/C31H48N6O12/c1-5-48-19-18-36(24-31(42)49-26-8-6-25(7-9-26)37(43)44)27(38)20-32-10-12-33(21-28(39)45-2)14-16-35(23-30(41)47-4)17-15-34(13-11-32)22-29(40)46-3/h6-9H,5,10-24H2,1-4H3. The van der Waals surface area contributed by atoms with E-state index < -0.39 is 35.3 Å². The number of carbonyl (C=O) groups is 5. The van der Waals surface area contributed by atoms with Crippen LogP contribution < -0.4 is 4.74 Å². The van der Waals surface area contributed by atoms with Crippen LogP contribution in [0.4, 0.5) is 5.69 Å². The molecule has 0 aromatic heterocycles. The maximum absolute atomic E-state index is 13.7. The van der Waals surface area contributed by atoms with E-state index >= 15 is 0 Å². The van der Waals surface area contributed by atoms with Gasteiger partial charge in [0.15, 0.2) is 0 Å². The molecule has 0 unspecified atom stereocenters.